The van der Waals surface area contributed by atoms with Crippen molar-refractivity contribution in [2.75, 3.05) is 32.1 Å². The molecule has 102 valence electrons. The Morgan fingerprint density at radius 1 is 1.53 bits per heavy atom. The van der Waals surface area contributed by atoms with Crippen LogP contribution in [0, 0.1) is 5.92 Å². The molecule has 0 radical (unpaired) electrons. The Kier molecular flexibility index (Phi) is 3.16. The number of nitrogens with two attached hydrogens (primary N) is 1. The van der Waals surface area contributed by atoms with Crippen molar-refractivity contribution < 1.29 is 9.53 Å². The van der Waals surface area contributed by atoms with Gasteiger partial charge < -0.3 is 15.8 Å². The maximum Gasteiger partial charge on any atom is 0.262 e. The first-order chi connectivity index (χ1) is 9.17. The SMILES string of the molecule is CN1CC(CN)CC1c1ccc2c(c1)NC(=O)CO2. The van der Waals surface area contributed by atoms with Gasteiger partial charge in [-0.1, -0.05) is 6.07 Å². The van der Waals surface area contributed by atoms with Gasteiger partial charge in [0.15, 0.2) is 6.61 Å². The molecule has 1 saturated heterocycles. The van der Waals surface area contributed by atoms with Crippen LogP contribution in [-0.4, -0.2) is 37.6 Å². The Hall–Kier alpha value is -1.59. The largest absolute Gasteiger partial charge is 0.482 e. The number of rotatable bonds is 2. The number of hydrogen-bond acceptors (Lipinski definition) is 4. The van der Waals surface area contributed by atoms with E-state index in [-0.39, 0.29) is 12.5 Å². The molecule has 0 aromatic heterocycles. The lowest BCUT2D eigenvalue weighted by atomic mass is 9.99. The number of hydrogen-bond donors (Lipinski definition) is 2. The van der Waals surface area contributed by atoms with Crippen LogP contribution in [0.4, 0.5) is 5.69 Å². The summed E-state index contributed by atoms with van der Waals surface area (Å²) >= 11 is 0. The molecule has 1 fully saturated rings. The molecule has 0 bridgehead atoms. The average Bonchev–Trinajstić information content (AvgIpc) is 2.79. The van der Waals surface area contributed by atoms with Crippen LogP contribution in [0.2, 0.25) is 0 Å². The molecule has 2 heterocycles. The van der Waals surface area contributed by atoms with Gasteiger partial charge in [0.25, 0.3) is 5.91 Å². The van der Waals surface area contributed by atoms with Gasteiger partial charge in [-0.2, -0.15) is 0 Å². The van der Waals surface area contributed by atoms with E-state index in [1.807, 2.05) is 12.1 Å². The van der Waals surface area contributed by atoms with Crippen molar-refractivity contribution in [1.82, 2.24) is 4.90 Å². The lowest BCUT2D eigenvalue weighted by Gasteiger charge is -2.23. The number of fused-ring (bicyclic) bond motifs is 1. The Bertz CT molecular complexity index is 503. The smallest absolute Gasteiger partial charge is 0.262 e. The van der Waals surface area contributed by atoms with Crippen molar-refractivity contribution in [1.29, 1.82) is 0 Å². The quantitative estimate of drug-likeness (QED) is 0.832. The number of amides is 1. The third-order valence-corrected chi connectivity index (χ3v) is 3.99. The molecule has 2 atom stereocenters. The normalized spacial score (nSPS) is 26.7. The molecular formula is C14H19N3O2. The number of ether oxygens (including phenoxy) is 1. The zero-order valence-corrected chi connectivity index (χ0v) is 11.1. The summed E-state index contributed by atoms with van der Waals surface area (Å²) in [6, 6.07) is 6.41. The third kappa shape index (κ3) is 2.31. The van der Waals surface area contributed by atoms with Gasteiger partial charge >= 0.3 is 0 Å². The van der Waals surface area contributed by atoms with E-state index in [4.69, 9.17) is 10.5 Å². The molecule has 3 N–H and O–H groups in total. The maximum absolute atomic E-state index is 11.4. The second-order valence-electron chi connectivity index (χ2n) is 5.39. The summed E-state index contributed by atoms with van der Waals surface area (Å²) in [4.78, 5) is 13.7. The van der Waals surface area contributed by atoms with Crippen molar-refractivity contribution in [3.63, 3.8) is 0 Å². The van der Waals surface area contributed by atoms with Gasteiger partial charge in [-0.25, -0.2) is 0 Å². The minimum Gasteiger partial charge on any atom is -0.482 e. The van der Waals surface area contributed by atoms with Crippen molar-refractivity contribution in [2.24, 2.45) is 11.7 Å². The van der Waals surface area contributed by atoms with Crippen LogP contribution in [0.3, 0.4) is 0 Å². The van der Waals surface area contributed by atoms with Gasteiger partial charge in [0, 0.05) is 12.6 Å². The summed E-state index contributed by atoms with van der Waals surface area (Å²) in [5.41, 5.74) is 7.75. The molecule has 0 spiro atoms. The molecule has 0 aliphatic carbocycles. The number of nitrogens with zero attached hydrogens (tertiary/aromatic N) is 1. The van der Waals surface area contributed by atoms with Gasteiger partial charge in [0.2, 0.25) is 0 Å². The van der Waals surface area contributed by atoms with E-state index < -0.39 is 0 Å². The summed E-state index contributed by atoms with van der Waals surface area (Å²) in [7, 11) is 2.12. The molecule has 19 heavy (non-hydrogen) atoms. The second-order valence-corrected chi connectivity index (χ2v) is 5.39. The molecule has 2 unspecified atom stereocenters. The van der Waals surface area contributed by atoms with E-state index in [9.17, 15) is 4.79 Å². The van der Waals surface area contributed by atoms with Crippen LogP contribution >= 0.6 is 0 Å². The molecular weight excluding hydrogens is 242 g/mol. The molecule has 3 rings (SSSR count). The molecule has 1 aromatic rings. The number of carbonyl (C=O) groups is 1. The van der Waals surface area contributed by atoms with Gasteiger partial charge in [-0.05, 0) is 43.6 Å². The van der Waals surface area contributed by atoms with Gasteiger partial charge in [-0.3, -0.25) is 9.69 Å². The molecule has 0 saturated carbocycles. The van der Waals surface area contributed by atoms with Crippen LogP contribution in [0.25, 0.3) is 0 Å². The van der Waals surface area contributed by atoms with Crippen molar-refractivity contribution in [3.8, 4) is 5.75 Å². The first-order valence-electron chi connectivity index (χ1n) is 6.64. The van der Waals surface area contributed by atoms with E-state index in [1.54, 1.807) is 0 Å². The third-order valence-electron chi connectivity index (χ3n) is 3.99. The first kappa shape index (κ1) is 12.4. The maximum atomic E-state index is 11.4. The van der Waals surface area contributed by atoms with E-state index >= 15 is 0 Å². The van der Waals surface area contributed by atoms with E-state index in [2.05, 4.69) is 23.3 Å². The lowest BCUT2D eigenvalue weighted by Crippen LogP contribution is -2.26. The molecule has 1 amide bonds. The van der Waals surface area contributed by atoms with Gasteiger partial charge in [0.1, 0.15) is 5.75 Å². The summed E-state index contributed by atoms with van der Waals surface area (Å²) in [6.45, 7) is 1.86. The van der Waals surface area contributed by atoms with E-state index in [1.165, 1.54) is 5.56 Å². The van der Waals surface area contributed by atoms with Crippen molar-refractivity contribution in [3.05, 3.63) is 23.8 Å². The molecule has 5 heteroatoms. The Morgan fingerprint density at radius 2 is 2.37 bits per heavy atom. The Morgan fingerprint density at radius 3 is 3.11 bits per heavy atom. The predicted octanol–water partition coefficient (Wildman–Crippen LogP) is 0.969. The topological polar surface area (TPSA) is 67.6 Å². The lowest BCUT2D eigenvalue weighted by molar-refractivity contribution is -0.118. The molecule has 2 aliphatic heterocycles. The van der Waals surface area contributed by atoms with Crippen LogP contribution in [0.1, 0.15) is 18.0 Å². The first-order valence-corrected chi connectivity index (χ1v) is 6.64. The van der Waals surface area contributed by atoms with Crippen LogP contribution < -0.4 is 15.8 Å². The number of nitrogens with one attached hydrogen (secondary N) is 1. The van der Waals surface area contributed by atoms with Gasteiger partial charge in [-0.15, -0.1) is 0 Å². The number of carbonyl (C=O) groups excluding carboxylic acids is 1. The monoisotopic (exact) mass is 261 g/mol. The zero-order valence-electron chi connectivity index (χ0n) is 11.1. The fraction of sp³-hybridized carbons (Fsp3) is 0.500. The van der Waals surface area contributed by atoms with Crippen molar-refractivity contribution in [2.45, 2.75) is 12.5 Å². The number of benzene rings is 1. The highest BCUT2D eigenvalue weighted by Crippen LogP contribution is 2.37. The molecule has 5 nitrogen and oxygen atoms in total. The average molecular weight is 261 g/mol. The molecule has 2 aliphatic rings. The summed E-state index contributed by atoms with van der Waals surface area (Å²) < 4.78 is 5.38. The van der Waals surface area contributed by atoms with Crippen LogP contribution in [-0.2, 0) is 4.79 Å². The standard InChI is InChI=1S/C14H19N3O2/c1-17-7-9(6-15)4-12(17)10-2-3-13-11(5-10)16-14(18)8-19-13/h2-3,5,9,12H,4,6-8,15H2,1H3,(H,16,18). The highest BCUT2D eigenvalue weighted by Gasteiger charge is 2.30. The zero-order chi connectivity index (χ0) is 13.4. The second kappa shape index (κ2) is 4.83. The minimum atomic E-state index is -0.0933. The minimum absolute atomic E-state index is 0.0933. The van der Waals surface area contributed by atoms with Gasteiger partial charge in [0.05, 0.1) is 5.69 Å². The van der Waals surface area contributed by atoms with Crippen molar-refractivity contribution >= 4 is 11.6 Å². The summed E-state index contributed by atoms with van der Waals surface area (Å²) in [5.74, 6) is 1.21. The Labute approximate surface area is 112 Å². The number of likely N-dealkylation sites (tertiary alicyclic amines) is 1. The summed E-state index contributed by atoms with van der Waals surface area (Å²) in [6.07, 6.45) is 1.07. The fourth-order valence-corrected chi connectivity index (χ4v) is 2.97. The Balaban J connectivity index is 1.86. The van der Waals surface area contributed by atoms with E-state index in [0.29, 0.717) is 12.0 Å². The highest BCUT2D eigenvalue weighted by molar-refractivity contribution is 5.95. The van der Waals surface area contributed by atoms with E-state index in [0.717, 1.165) is 30.9 Å². The fourth-order valence-electron chi connectivity index (χ4n) is 2.97. The number of anilines is 1. The predicted molar refractivity (Wildman–Crippen MR) is 73.1 cm³/mol. The van der Waals surface area contributed by atoms with Crippen LogP contribution in [0.15, 0.2) is 18.2 Å². The molecule has 1 aromatic carbocycles. The summed E-state index contributed by atoms with van der Waals surface area (Å²) in [5, 5.41) is 2.86. The van der Waals surface area contributed by atoms with Crippen LogP contribution in [0.5, 0.6) is 5.75 Å². The highest BCUT2D eigenvalue weighted by atomic mass is 16.5.